The first-order chi connectivity index (χ1) is 16.6. The molecule has 2 saturated heterocycles. The lowest BCUT2D eigenvalue weighted by molar-refractivity contribution is -0.147. The zero-order chi connectivity index (χ0) is 26.9. The molecular formula is C25H38BN3O7. The third-order valence-corrected chi connectivity index (χ3v) is 6.66. The van der Waals surface area contributed by atoms with Gasteiger partial charge in [-0.15, -0.1) is 0 Å². The number of hydrazine groups is 1. The van der Waals surface area contributed by atoms with E-state index in [1.807, 2.05) is 52.0 Å². The molecule has 1 aromatic carbocycles. The Balaban J connectivity index is 1.81. The highest BCUT2D eigenvalue weighted by atomic mass is 16.7. The van der Waals surface area contributed by atoms with Crippen molar-refractivity contribution in [2.45, 2.75) is 96.6 Å². The minimum atomic E-state index is -1.03. The van der Waals surface area contributed by atoms with Crippen molar-refractivity contribution in [1.29, 1.82) is 0 Å². The fraction of sp³-hybridized carbons (Fsp3) is 0.640. The highest BCUT2D eigenvalue weighted by Crippen LogP contribution is 2.36. The Morgan fingerprint density at radius 3 is 2.44 bits per heavy atom. The van der Waals surface area contributed by atoms with Gasteiger partial charge in [0.05, 0.1) is 11.2 Å². The Hall–Kier alpha value is -2.63. The first-order valence-corrected chi connectivity index (χ1v) is 12.3. The third-order valence-electron chi connectivity index (χ3n) is 6.66. The molecule has 0 saturated carbocycles. The summed E-state index contributed by atoms with van der Waals surface area (Å²) in [6, 6.07) is 5.65. The van der Waals surface area contributed by atoms with Crippen molar-refractivity contribution < 1.29 is 33.5 Å². The Labute approximate surface area is 213 Å². The van der Waals surface area contributed by atoms with E-state index in [1.165, 1.54) is 5.01 Å². The van der Waals surface area contributed by atoms with Crippen LogP contribution in [0, 0.1) is 0 Å². The van der Waals surface area contributed by atoms with Crippen LogP contribution in [0.4, 0.5) is 4.79 Å². The van der Waals surface area contributed by atoms with Gasteiger partial charge in [0.25, 0.3) is 5.91 Å². The number of carboxylic acids is 1. The average molecular weight is 503 g/mol. The molecule has 2 fully saturated rings. The van der Waals surface area contributed by atoms with E-state index in [9.17, 15) is 19.5 Å². The summed E-state index contributed by atoms with van der Waals surface area (Å²) in [7, 11) is -0.567. The van der Waals surface area contributed by atoms with Gasteiger partial charge in [0.1, 0.15) is 17.7 Å². The molecule has 0 bridgehead atoms. The van der Waals surface area contributed by atoms with E-state index in [0.29, 0.717) is 19.4 Å². The molecule has 2 heterocycles. The number of alkyl carbamates (subject to hydrolysis) is 1. The van der Waals surface area contributed by atoms with Crippen LogP contribution in [-0.4, -0.2) is 70.6 Å². The van der Waals surface area contributed by atoms with Crippen molar-refractivity contribution in [2.75, 3.05) is 6.54 Å². The monoisotopic (exact) mass is 503 g/mol. The van der Waals surface area contributed by atoms with Gasteiger partial charge in [0.15, 0.2) is 0 Å². The summed E-state index contributed by atoms with van der Waals surface area (Å²) in [4.78, 5) is 37.5. The largest absolute Gasteiger partial charge is 0.494 e. The fourth-order valence-electron chi connectivity index (χ4n) is 4.04. The number of ether oxygens (including phenoxy) is 1. The lowest BCUT2D eigenvalue weighted by Gasteiger charge is -2.34. The van der Waals surface area contributed by atoms with E-state index in [1.54, 1.807) is 20.8 Å². The van der Waals surface area contributed by atoms with Crippen LogP contribution < -0.4 is 16.2 Å². The molecule has 2 aliphatic rings. The molecule has 1 unspecified atom stereocenters. The van der Waals surface area contributed by atoms with E-state index in [2.05, 4.69) is 10.7 Å². The van der Waals surface area contributed by atoms with Crippen LogP contribution in [0.3, 0.4) is 0 Å². The van der Waals surface area contributed by atoms with Crippen LogP contribution in [0.15, 0.2) is 24.3 Å². The molecule has 2 amide bonds. The highest BCUT2D eigenvalue weighted by Gasteiger charge is 2.51. The molecule has 11 heteroatoms. The molecule has 0 spiro atoms. The van der Waals surface area contributed by atoms with Crippen molar-refractivity contribution in [3.63, 3.8) is 0 Å². The highest BCUT2D eigenvalue weighted by molar-refractivity contribution is 6.62. The van der Waals surface area contributed by atoms with Gasteiger partial charge in [0.2, 0.25) is 0 Å². The van der Waals surface area contributed by atoms with Crippen LogP contribution >= 0.6 is 0 Å². The predicted octanol–water partition coefficient (Wildman–Crippen LogP) is 2.00. The molecule has 2 aliphatic heterocycles. The van der Waals surface area contributed by atoms with Gasteiger partial charge in [-0.1, -0.05) is 24.3 Å². The van der Waals surface area contributed by atoms with Gasteiger partial charge in [-0.3, -0.25) is 14.6 Å². The van der Waals surface area contributed by atoms with Crippen molar-refractivity contribution in [1.82, 2.24) is 15.8 Å². The number of aliphatic carboxylic acids is 1. The predicted molar refractivity (Wildman–Crippen MR) is 135 cm³/mol. The molecule has 1 aromatic rings. The number of carbonyl (C=O) groups is 3. The molecule has 3 N–H and O–H groups in total. The zero-order valence-corrected chi connectivity index (χ0v) is 22.2. The second-order valence-electron chi connectivity index (χ2n) is 11.4. The van der Waals surface area contributed by atoms with Crippen molar-refractivity contribution in [2.24, 2.45) is 0 Å². The SMILES string of the molecule is CC(C)(C)OC(=O)NC(Cc1cccc(B2OC(C)(C)C(C)(C)O2)c1)C(=O)N1CCC[C@@H](C(=O)O)N1. The van der Waals surface area contributed by atoms with Crippen molar-refractivity contribution in [3.8, 4) is 0 Å². The van der Waals surface area contributed by atoms with Gasteiger partial charge in [-0.25, -0.2) is 10.2 Å². The molecule has 3 rings (SSSR count). The lowest BCUT2D eigenvalue weighted by Crippen LogP contribution is -2.60. The average Bonchev–Trinajstić information content (AvgIpc) is 2.98. The molecule has 0 aliphatic carbocycles. The number of carbonyl (C=O) groups excluding carboxylic acids is 2. The van der Waals surface area contributed by atoms with Crippen LogP contribution in [0.2, 0.25) is 0 Å². The number of hydrogen-bond donors (Lipinski definition) is 3. The normalized spacial score (nSPS) is 22.1. The maximum absolute atomic E-state index is 13.4. The topological polar surface area (TPSA) is 126 Å². The van der Waals surface area contributed by atoms with E-state index < -0.39 is 54.0 Å². The van der Waals surface area contributed by atoms with Crippen LogP contribution in [0.5, 0.6) is 0 Å². The Morgan fingerprint density at radius 1 is 1.22 bits per heavy atom. The maximum Gasteiger partial charge on any atom is 0.494 e. The Kier molecular flexibility index (Phi) is 8.07. The third kappa shape index (κ3) is 6.77. The van der Waals surface area contributed by atoms with Gasteiger partial charge in [0, 0.05) is 13.0 Å². The van der Waals surface area contributed by atoms with E-state index in [0.717, 1.165) is 11.0 Å². The minimum absolute atomic E-state index is 0.168. The molecule has 198 valence electrons. The summed E-state index contributed by atoms with van der Waals surface area (Å²) >= 11 is 0. The number of amides is 2. The summed E-state index contributed by atoms with van der Waals surface area (Å²) in [6.07, 6.45) is 0.391. The molecule has 36 heavy (non-hydrogen) atoms. The van der Waals surface area contributed by atoms with Gasteiger partial charge in [-0.05, 0) is 72.3 Å². The molecular weight excluding hydrogens is 465 g/mol. The molecule has 0 aromatic heterocycles. The summed E-state index contributed by atoms with van der Waals surface area (Å²) in [5, 5.41) is 13.3. The minimum Gasteiger partial charge on any atom is -0.480 e. The lowest BCUT2D eigenvalue weighted by atomic mass is 9.78. The fourth-order valence-corrected chi connectivity index (χ4v) is 4.04. The van der Waals surface area contributed by atoms with Crippen molar-refractivity contribution in [3.05, 3.63) is 29.8 Å². The maximum atomic E-state index is 13.4. The Bertz CT molecular complexity index is 976. The van der Waals surface area contributed by atoms with Gasteiger partial charge >= 0.3 is 19.2 Å². The van der Waals surface area contributed by atoms with Gasteiger partial charge < -0.3 is 24.5 Å². The van der Waals surface area contributed by atoms with Crippen LogP contribution in [-0.2, 0) is 30.1 Å². The summed E-state index contributed by atoms with van der Waals surface area (Å²) in [6.45, 7) is 13.5. The van der Waals surface area contributed by atoms with E-state index in [-0.39, 0.29) is 6.42 Å². The zero-order valence-electron chi connectivity index (χ0n) is 22.2. The first kappa shape index (κ1) is 28.0. The summed E-state index contributed by atoms with van der Waals surface area (Å²) < 4.78 is 17.7. The second kappa shape index (κ2) is 10.4. The van der Waals surface area contributed by atoms with Crippen molar-refractivity contribution >= 4 is 30.6 Å². The number of hydrogen-bond acceptors (Lipinski definition) is 7. The quantitative estimate of drug-likeness (QED) is 0.504. The van der Waals surface area contributed by atoms with E-state index in [4.69, 9.17) is 14.0 Å². The van der Waals surface area contributed by atoms with Crippen LogP contribution in [0.1, 0.15) is 66.9 Å². The number of nitrogens with one attached hydrogen (secondary N) is 2. The molecule has 2 atom stereocenters. The molecule has 10 nitrogen and oxygen atoms in total. The number of benzene rings is 1. The number of rotatable bonds is 6. The van der Waals surface area contributed by atoms with E-state index >= 15 is 0 Å². The van der Waals surface area contributed by atoms with Crippen LogP contribution in [0.25, 0.3) is 0 Å². The standard InChI is InChI=1S/C25H38BN3O7/c1-23(2,3)34-22(33)27-19(20(30)29-13-9-12-18(28-29)21(31)32)15-16-10-8-11-17(14-16)26-35-24(4,5)25(6,7)36-26/h8,10-11,14,18-19,28H,9,12-13,15H2,1-7H3,(H,27,33)(H,31,32)/t18-,19?/m0/s1. The first-order valence-electron chi connectivity index (χ1n) is 12.3. The molecule has 0 radical (unpaired) electrons. The summed E-state index contributed by atoms with van der Waals surface area (Å²) in [5.74, 6) is -1.47. The number of nitrogens with zero attached hydrogens (tertiary/aromatic N) is 1. The number of carboxylic acid groups (broad SMARTS) is 1. The smallest absolute Gasteiger partial charge is 0.480 e. The second-order valence-corrected chi connectivity index (χ2v) is 11.4. The Morgan fingerprint density at radius 2 is 1.86 bits per heavy atom. The summed E-state index contributed by atoms with van der Waals surface area (Å²) in [5.41, 5.74) is 2.62. The van der Waals surface area contributed by atoms with Gasteiger partial charge in [-0.2, -0.15) is 0 Å².